The van der Waals surface area contributed by atoms with Crippen molar-refractivity contribution in [2.24, 2.45) is 0 Å². The highest BCUT2D eigenvalue weighted by molar-refractivity contribution is 7.85. The van der Waals surface area contributed by atoms with Gasteiger partial charge in [-0.2, -0.15) is 8.42 Å². The molecule has 0 aliphatic heterocycles. The van der Waals surface area contributed by atoms with Crippen LogP contribution in [0.25, 0.3) is 0 Å². The van der Waals surface area contributed by atoms with Gasteiger partial charge in [-0.1, -0.05) is 18.2 Å². The summed E-state index contributed by atoms with van der Waals surface area (Å²) in [5, 5.41) is 18.6. The second kappa shape index (κ2) is 4.61. The summed E-state index contributed by atoms with van der Waals surface area (Å²) >= 11 is 0. The molecule has 0 saturated heterocycles. The number of aliphatic hydroxyl groups excluding tert-OH is 1. The third-order valence-electron chi connectivity index (χ3n) is 1.85. The Hall–Kier alpha value is -1.11. The number of aromatic hydroxyl groups is 1. The Kier molecular flexibility index (Phi) is 3.67. The highest BCUT2D eigenvalue weighted by Gasteiger charge is 2.15. The molecule has 0 spiro atoms. The third kappa shape index (κ3) is 4.28. The highest BCUT2D eigenvalue weighted by atomic mass is 32.2. The lowest BCUT2D eigenvalue weighted by Gasteiger charge is -2.09. The molecular weight excluding hydrogens is 220 g/mol. The summed E-state index contributed by atoms with van der Waals surface area (Å²) in [4.78, 5) is 0. The lowest BCUT2D eigenvalue weighted by atomic mass is 10.1. The third-order valence-corrected chi connectivity index (χ3v) is 2.66. The molecule has 1 aromatic rings. The van der Waals surface area contributed by atoms with E-state index in [2.05, 4.69) is 0 Å². The van der Waals surface area contributed by atoms with Crippen molar-refractivity contribution in [2.75, 3.05) is 5.75 Å². The van der Waals surface area contributed by atoms with E-state index in [1.807, 2.05) is 0 Å². The zero-order valence-corrected chi connectivity index (χ0v) is 8.68. The van der Waals surface area contributed by atoms with Crippen molar-refractivity contribution < 1.29 is 23.2 Å². The zero-order valence-electron chi connectivity index (χ0n) is 7.87. The van der Waals surface area contributed by atoms with Gasteiger partial charge in [-0.15, -0.1) is 0 Å². The van der Waals surface area contributed by atoms with Crippen molar-refractivity contribution in [2.45, 2.75) is 12.5 Å². The molecule has 1 unspecified atom stereocenters. The minimum Gasteiger partial charge on any atom is -0.508 e. The van der Waals surface area contributed by atoms with Crippen LogP contribution in [0.4, 0.5) is 0 Å². The van der Waals surface area contributed by atoms with Crippen LogP contribution in [0.5, 0.6) is 5.75 Å². The Morgan fingerprint density at radius 2 is 1.87 bits per heavy atom. The maximum atomic E-state index is 10.4. The second-order valence-corrected chi connectivity index (χ2v) is 4.73. The van der Waals surface area contributed by atoms with Gasteiger partial charge in [0.15, 0.2) is 0 Å². The molecule has 0 amide bonds. The van der Waals surface area contributed by atoms with Gasteiger partial charge in [0.2, 0.25) is 0 Å². The number of phenols is 1. The SMILES string of the molecule is O=S(=O)(O)CC(O)Cc1ccccc1O. The zero-order chi connectivity index (χ0) is 11.5. The largest absolute Gasteiger partial charge is 0.508 e. The van der Waals surface area contributed by atoms with Gasteiger partial charge in [-0.25, -0.2) is 0 Å². The van der Waals surface area contributed by atoms with Crippen LogP contribution in [0.1, 0.15) is 5.56 Å². The van der Waals surface area contributed by atoms with Gasteiger partial charge in [-0.05, 0) is 11.6 Å². The smallest absolute Gasteiger partial charge is 0.267 e. The van der Waals surface area contributed by atoms with E-state index < -0.39 is 22.0 Å². The molecule has 0 fully saturated rings. The Morgan fingerprint density at radius 3 is 2.40 bits per heavy atom. The van der Waals surface area contributed by atoms with Gasteiger partial charge < -0.3 is 10.2 Å². The van der Waals surface area contributed by atoms with Crippen LogP contribution in [-0.2, 0) is 16.5 Å². The van der Waals surface area contributed by atoms with Gasteiger partial charge >= 0.3 is 0 Å². The van der Waals surface area contributed by atoms with E-state index in [0.29, 0.717) is 5.56 Å². The van der Waals surface area contributed by atoms with Gasteiger partial charge in [0.05, 0.1) is 6.10 Å². The molecule has 1 atom stereocenters. The number of aliphatic hydroxyl groups is 1. The maximum absolute atomic E-state index is 10.4. The number of hydrogen-bond donors (Lipinski definition) is 3. The van der Waals surface area contributed by atoms with Crippen LogP contribution in [0.15, 0.2) is 24.3 Å². The van der Waals surface area contributed by atoms with Crippen LogP contribution in [0, 0.1) is 0 Å². The van der Waals surface area contributed by atoms with Crippen molar-refractivity contribution in [3.05, 3.63) is 29.8 Å². The summed E-state index contributed by atoms with van der Waals surface area (Å²) in [6.45, 7) is 0. The fourth-order valence-corrected chi connectivity index (χ4v) is 1.84. The number of rotatable bonds is 4. The second-order valence-electron chi connectivity index (χ2n) is 3.24. The summed E-state index contributed by atoms with van der Waals surface area (Å²) < 4.78 is 29.4. The molecule has 1 rings (SSSR count). The molecule has 5 nitrogen and oxygen atoms in total. The first-order chi connectivity index (χ1) is 6.88. The van der Waals surface area contributed by atoms with Crippen molar-refractivity contribution in [3.8, 4) is 5.75 Å². The van der Waals surface area contributed by atoms with Crippen LogP contribution >= 0.6 is 0 Å². The van der Waals surface area contributed by atoms with E-state index in [1.54, 1.807) is 18.2 Å². The Labute approximate surface area is 87.7 Å². The maximum Gasteiger partial charge on any atom is 0.267 e. The molecule has 6 heteroatoms. The van der Waals surface area contributed by atoms with Gasteiger partial charge in [0.1, 0.15) is 11.5 Å². The van der Waals surface area contributed by atoms with E-state index in [4.69, 9.17) is 4.55 Å². The van der Waals surface area contributed by atoms with Crippen molar-refractivity contribution in [1.29, 1.82) is 0 Å². The molecule has 1 aromatic carbocycles. The van der Waals surface area contributed by atoms with E-state index in [9.17, 15) is 18.6 Å². The fourth-order valence-electron chi connectivity index (χ4n) is 1.24. The minimum absolute atomic E-state index is 0.00751. The predicted octanol–water partition coefficient (Wildman–Crippen LogP) is 0.183. The molecule has 0 aliphatic rings. The quantitative estimate of drug-likeness (QED) is 0.644. The summed E-state index contributed by atoms with van der Waals surface area (Å²) in [7, 11) is -4.19. The van der Waals surface area contributed by atoms with Gasteiger partial charge in [0.25, 0.3) is 10.1 Å². The van der Waals surface area contributed by atoms with Gasteiger partial charge in [0, 0.05) is 6.42 Å². The minimum atomic E-state index is -4.19. The van der Waals surface area contributed by atoms with E-state index >= 15 is 0 Å². The number of phenolic OH excluding ortho intramolecular Hbond substituents is 1. The Morgan fingerprint density at radius 1 is 1.27 bits per heavy atom. The monoisotopic (exact) mass is 232 g/mol. The highest BCUT2D eigenvalue weighted by Crippen LogP contribution is 2.17. The number of hydrogen-bond acceptors (Lipinski definition) is 4. The Balaban J connectivity index is 2.67. The van der Waals surface area contributed by atoms with Crippen molar-refractivity contribution >= 4 is 10.1 Å². The summed E-state index contributed by atoms with van der Waals surface area (Å²) in [5.74, 6) is -0.742. The fraction of sp³-hybridized carbons (Fsp3) is 0.333. The normalized spacial score (nSPS) is 13.7. The molecule has 0 radical (unpaired) electrons. The molecule has 0 bridgehead atoms. The van der Waals surface area contributed by atoms with Crippen LogP contribution < -0.4 is 0 Å². The lowest BCUT2D eigenvalue weighted by Crippen LogP contribution is -2.22. The average Bonchev–Trinajstić information content (AvgIpc) is 2.05. The van der Waals surface area contributed by atoms with Crippen LogP contribution in [0.2, 0.25) is 0 Å². The van der Waals surface area contributed by atoms with E-state index in [1.165, 1.54) is 6.07 Å². The van der Waals surface area contributed by atoms with Crippen LogP contribution in [-0.4, -0.2) is 35.0 Å². The van der Waals surface area contributed by atoms with E-state index in [-0.39, 0.29) is 12.2 Å². The first-order valence-electron chi connectivity index (χ1n) is 4.28. The molecule has 84 valence electrons. The summed E-state index contributed by atoms with van der Waals surface area (Å²) in [6.07, 6.45) is -1.25. The molecule has 0 aliphatic carbocycles. The first-order valence-corrected chi connectivity index (χ1v) is 5.89. The molecular formula is C9H12O5S. The molecule has 15 heavy (non-hydrogen) atoms. The first kappa shape index (κ1) is 12.0. The molecule has 3 N–H and O–H groups in total. The molecule has 0 saturated carbocycles. The topological polar surface area (TPSA) is 94.8 Å². The lowest BCUT2D eigenvalue weighted by molar-refractivity contribution is 0.194. The number of benzene rings is 1. The summed E-state index contributed by atoms with van der Waals surface area (Å²) in [6, 6.07) is 6.29. The van der Waals surface area contributed by atoms with E-state index in [0.717, 1.165) is 0 Å². The standard InChI is InChI=1S/C9H12O5S/c10-8(6-15(12,13)14)5-7-3-1-2-4-9(7)11/h1-4,8,10-11H,5-6H2,(H,12,13,14). The van der Waals surface area contributed by atoms with Crippen molar-refractivity contribution in [1.82, 2.24) is 0 Å². The molecule has 0 aromatic heterocycles. The van der Waals surface area contributed by atoms with Crippen molar-refractivity contribution in [3.63, 3.8) is 0 Å². The van der Waals surface area contributed by atoms with Crippen LogP contribution in [0.3, 0.4) is 0 Å². The summed E-state index contributed by atoms with van der Waals surface area (Å²) in [5.41, 5.74) is 0.439. The Bertz CT molecular complexity index is 426. The predicted molar refractivity (Wildman–Crippen MR) is 54.2 cm³/mol. The number of para-hydroxylation sites is 1. The van der Waals surface area contributed by atoms with Gasteiger partial charge in [-0.3, -0.25) is 4.55 Å². The molecule has 0 heterocycles. The average molecular weight is 232 g/mol.